The molecule has 4 N–H and O–H groups in total. The Morgan fingerprint density at radius 1 is 1.53 bits per heavy atom. The third-order valence-corrected chi connectivity index (χ3v) is 3.84. The maximum Gasteiger partial charge on any atom is 0.0548 e. The number of aliphatic hydroxyl groups excluding tert-OH is 1. The first-order valence-electron chi connectivity index (χ1n) is 5.60. The van der Waals surface area contributed by atoms with E-state index < -0.39 is 0 Å². The van der Waals surface area contributed by atoms with Gasteiger partial charge in [-0.15, -0.1) is 0 Å². The lowest BCUT2D eigenvalue weighted by atomic mass is 10.1. The van der Waals surface area contributed by atoms with Crippen molar-refractivity contribution >= 4 is 27.5 Å². The van der Waals surface area contributed by atoms with Gasteiger partial charge in [-0.05, 0) is 47.0 Å². The molecular weight excluding hydrogens is 304 g/mol. The van der Waals surface area contributed by atoms with Gasteiger partial charge in [0.2, 0.25) is 0 Å². The van der Waals surface area contributed by atoms with Crippen molar-refractivity contribution < 1.29 is 5.11 Å². The molecule has 2 atom stereocenters. The molecule has 0 aliphatic heterocycles. The molecule has 0 amide bonds. The number of nitrogens with one attached hydrogen (secondary N) is 1. The summed E-state index contributed by atoms with van der Waals surface area (Å²) in [6.45, 7) is 2.71. The van der Waals surface area contributed by atoms with Crippen LogP contribution in [0.25, 0.3) is 0 Å². The van der Waals surface area contributed by atoms with Gasteiger partial charge in [0.1, 0.15) is 0 Å². The molecule has 2 unspecified atom stereocenters. The fraction of sp³-hybridized carbons (Fsp3) is 0.500. The SMILES string of the molecule is CC(CCO)NC(CN)c1ccc(Cl)c(Br)c1. The molecule has 0 aliphatic rings. The molecule has 17 heavy (non-hydrogen) atoms. The van der Waals surface area contributed by atoms with Crippen LogP contribution in [-0.4, -0.2) is 24.3 Å². The molecule has 96 valence electrons. The number of aliphatic hydroxyl groups is 1. The Kier molecular flexibility index (Phi) is 6.44. The van der Waals surface area contributed by atoms with Crippen LogP contribution in [0.1, 0.15) is 24.9 Å². The van der Waals surface area contributed by atoms with E-state index in [9.17, 15) is 0 Å². The van der Waals surface area contributed by atoms with Crippen LogP contribution >= 0.6 is 27.5 Å². The van der Waals surface area contributed by atoms with Crippen molar-refractivity contribution in [2.75, 3.05) is 13.2 Å². The van der Waals surface area contributed by atoms with E-state index in [1.54, 1.807) is 0 Å². The second kappa shape index (κ2) is 7.34. The smallest absolute Gasteiger partial charge is 0.0548 e. The highest BCUT2D eigenvalue weighted by Gasteiger charge is 2.13. The highest BCUT2D eigenvalue weighted by atomic mass is 79.9. The zero-order valence-electron chi connectivity index (χ0n) is 9.79. The lowest BCUT2D eigenvalue weighted by molar-refractivity contribution is 0.263. The summed E-state index contributed by atoms with van der Waals surface area (Å²) < 4.78 is 0.867. The summed E-state index contributed by atoms with van der Waals surface area (Å²) >= 11 is 9.35. The summed E-state index contributed by atoms with van der Waals surface area (Å²) in [5.74, 6) is 0. The summed E-state index contributed by atoms with van der Waals surface area (Å²) in [6, 6.07) is 6.08. The van der Waals surface area contributed by atoms with Gasteiger partial charge in [0.15, 0.2) is 0 Å². The summed E-state index contributed by atoms with van der Waals surface area (Å²) in [5.41, 5.74) is 6.86. The van der Waals surface area contributed by atoms with E-state index in [-0.39, 0.29) is 18.7 Å². The molecule has 3 nitrogen and oxygen atoms in total. The number of rotatable bonds is 6. The van der Waals surface area contributed by atoms with Crippen molar-refractivity contribution in [3.05, 3.63) is 33.3 Å². The monoisotopic (exact) mass is 320 g/mol. The van der Waals surface area contributed by atoms with Crippen LogP contribution in [0, 0.1) is 0 Å². The standard InChI is InChI=1S/C12H18BrClN2O/c1-8(4-5-17)16-12(7-15)9-2-3-11(14)10(13)6-9/h2-3,6,8,12,16-17H,4-5,7,15H2,1H3. The lowest BCUT2D eigenvalue weighted by Gasteiger charge is -2.22. The zero-order valence-corrected chi connectivity index (χ0v) is 12.1. The Morgan fingerprint density at radius 3 is 2.76 bits per heavy atom. The Morgan fingerprint density at radius 2 is 2.24 bits per heavy atom. The van der Waals surface area contributed by atoms with E-state index in [0.29, 0.717) is 18.0 Å². The van der Waals surface area contributed by atoms with Crippen LogP contribution in [0.4, 0.5) is 0 Å². The van der Waals surface area contributed by atoms with Gasteiger partial charge in [-0.2, -0.15) is 0 Å². The maximum atomic E-state index is 8.88. The predicted octanol–water partition coefficient (Wildman–Crippen LogP) is 2.46. The van der Waals surface area contributed by atoms with E-state index >= 15 is 0 Å². The normalized spacial score (nSPS) is 14.6. The van der Waals surface area contributed by atoms with Gasteiger partial charge in [0, 0.05) is 29.7 Å². The van der Waals surface area contributed by atoms with E-state index in [0.717, 1.165) is 10.0 Å². The molecule has 0 heterocycles. The molecule has 5 heteroatoms. The van der Waals surface area contributed by atoms with Crippen molar-refractivity contribution in [3.8, 4) is 0 Å². The van der Waals surface area contributed by atoms with E-state index in [2.05, 4.69) is 21.2 Å². The first-order valence-corrected chi connectivity index (χ1v) is 6.77. The average molecular weight is 322 g/mol. The van der Waals surface area contributed by atoms with Crippen LogP contribution in [0.2, 0.25) is 5.02 Å². The van der Waals surface area contributed by atoms with Gasteiger partial charge < -0.3 is 16.2 Å². The minimum atomic E-state index is 0.0742. The summed E-state index contributed by atoms with van der Waals surface area (Å²) in [6.07, 6.45) is 0.714. The summed E-state index contributed by atoms with van der Waals surface area (Å²) in [7, 11) is 0. The zero-order chi connectivity index (χ0) is 12.8. The Labute approximate surface area is 115 Å². The van der Waals surface area contributed by atoms with Crippen molar-refractivity contribution in [1.82, 2.24) is 5.32 Å². The lowest BCUT2D eigenvalue weighted by Crippen LogP contribution is -2.35. The molecule has 0 radical (unpaired) electrons. The van der Waals surface area contributed by atoms with Crippen molar-refractivity contribution in [2.45, 2.75) is 25.4 Å². The molecule has 0 bridgehead atoms. The molecule has 1 aromatic carbocycles. The van der Waals surface area contributed by atoms with Crippen molar-refractivity contribution in [2.24, 2.45) is 5.73 Å². The number of hydrogen-bond donors (Lipinski definition) is 3. The number of benzene rings is 1. The first-order chi connectivity index (χ1) is 8.08. The van der Waals surface area contributed by atoms with E-state index in [1.807, 2.05) is 25.1 Å². The molecule has 0 fully saturated rings. The molecular formula is C12H18BrClN2O. The Bertz CT molecular complexity index is 362. The highest BCUT2D eigenvalue weighted by molar-refractivity contribution is 9.10. The van der Waals surface area contributed by atoms with Crippen LogP contribution < -0.4 is 11.1 Å². The molecule has 0 spiro atoms. The molecule has 1 rings (SSSR count). The van der Waals surface area contributed by atoms with Gasteiger partial charge in [-0.1, -0.05) is 17.7 Å². The maximum absolute atomic E-state index is 8.88. The van der Waals surface area contributed by atoms with Crippen molar-refractivity contribution in [1.29, 1.82) is 0 Å². The van der Waals surface area contributed by atoms with Gasteiger partial charge in [0.05, 0.1) is 5.02 Å². The molecule has 0 saturated heterocycles. The Balaban J connectivity index is 2.75. The van der Waals surface area contributed by atoms with Crippen LogP contribution in [-0.2, 0) is 0 Å². The van der Waals surface area contributed by atoms with Crippen LogP contribution in [0.3, 0.4) is 0 Å². The summed E-state index contributed by atoms with van der Waals surface area (Å²) in [5, 5.41) is 12.9. The minimum Gasteiger partial charge on any atom is -0.396 e. The first kappa shape index (κ1) is 14.9. The fourth-order valence-electron chi connectivity index (χ4n) is 1.65. The fourth-order valence-corrected chi connectivity index (χ4v) is 2.16. The third-order valence-electron chi connectivity index (χ3n) is 2.63. The van der Waals surface area contributed by atoms with Gasteiger partial charge in [-0.25, -0.2) is 0 Å². The van der Waals surface area contributed by atoms with E-state index in [4.69, 9.17) is 22.4 Å². The quantitative estimate of drug-likeness (QED) is 0.754. The number of hydrogen-bond acceptors (Lipinski definition) is 3. The second-order valence-electron chi connectivity index (χ2n) is 4.04. The largest absolute Gasteiger partial charge is 0.396 e. The number of halogens is 2. The Hall–Kier alpha value is -0.130. The minimum absolute atomic E-state index is 0.0742. The van der Waals surface area contributed by atoms with Crippen LogP contribution in [0.15, 0.2) is 22.7 Å². The topological polar surface area (TPSA) is 58.3 Å². The molecule has 1 aromatic rings. The summed E-state index contributed by atoms with van der Waals surface area (Å²) in [4.78, 5) is 0. The van der Waals surface area contributed by atoms with Gasteiger partial charge in [-0.3, -0.25) is 0 Å². The third kappa shape index (κ3) is 4.56. The second-order valence-corrected chi connectivity index (χ2v) is 5.30. The predicted molar refractivity (Wildman–Crippen MR) is 75.2 cm³/mol. The average Bonchev–Trinajstić information content (AvgIpc) is 2.30. The van der Waals surface area contributed by atoms with E-state index in [1.165, 1.54) is 0 Å². The van der Waals surface area contributed by atoms with Crippen LogP contribution in [0.5, 0.6) is 0 Å². The van der Waals surface area contributed by atoms with Gasteiger partial charge >= 0.3 is 0 Å². The number of nitrogens with two attached hydrogens (primary N) is 1. The molecule has 0 aromatic heterocycles. The highest BCUT2D eigenvalue weighted by Crippen LogP contribution is 2.26. The van der Waals surface area contributed by atoms with Gasteiger partial charge in [0.25, 0.3) is 0 Å². The van der Waals surface area contributed by atoms with Crippen molar-refractivity contribution in [3.63, 3.8) is 0 Å². The molecule has 0 saturated carbocycles. The molecule has 0 aliphatic carbocycles.